The van der Waals surface area contributed by atoms with Gasteiger partial charge in [-0.05, 0) is 83.6 Å². The molecule has 1 unspecified atom stereocenters. The lowest BCUT2D eigenvalue weighted by Gasteiger charge is -2.35. The van der Waals surface area contributed by atoms with Crippen LogP contribution in [0.1, 0.15) is 47.4 Å². The first-order valence-corrected chi connectivity index (χ1v) is 13.6. The average molecular weight is 578 g/mol. The zero-order valence-corrected chi connectivity index (χ0v) is 24.0. The SMILES string of the molecule is CCc1cc(Oc2ccccc2)cc(CC)c1N(C(=O)c1cn(C)c(C)c(Br)c1=O)C1C=CCC=C1OC. The average Bonchev–Trinajstić information content (AvgIpc) is 2.94. The van der Waals surface area contributed by atoms with Gasteiger partial charge in [-0.3, -0.25) is 14.5 Å². The Morgan fingerprint density at radius 2 is 1.76 bits per heavy atom. The van der Waals surface area contributed by atoms with Gasteiger partial charge in [0.15, 0.2) is 0 Å². The summed E-state index contributed by atoms with van der Waals surface area (Å²) in [5.74, 6) is 1.73. The van der Waals surface area contributed by atoms with Gasteiger partial charge in [-0.2, -0.15) is 0 Å². The largest absolute Gasteiger partial charge is 0.499 e. The predicted molar refractivity (Wildman–Crippen MR) is 155 cm³/mol. The van der Waals surface area contributed by atoms with Gasteiger partial charge < -0.3 is 14.0 Å². The van der Waals surface area contributed by atoms with Crippen molar-refractivity contribution in [3.8, 4) is 11.5 Å². The zero-order chi connectivity index (χ0) is 27.4. The third-order valence-corrected chi connectivity index (χ3v) is 7.80. The second-order valence-electron chi connectivity index (χ2n) is 9.19. The van der Waals surface area contributed by atoms with Gasteiger partial charge in [-0.15, -0.1) is 0 Å². The fraction of sp³-hybridized carbons (Fsp3) is 0.290. The molecule has 0 bridgehead atoms. The molecule has 0 spiro atoms. The highest BCUT2D eigenvalue weighted by Gasteiger charge is 2.34. The molecule has 1 aromatic heterocycles. The minimum atomic E-state index is -0.498. The number of methoxy groups -OCH3 is 1. The molecule has 1 aliphatic carbocycles. The molecule has 0 saturated heterocycles. The maximum Gasteiger partial charge on any atom is 0.264 e. The molecule has 38 heavy (non-hydrogen) atoms. The first-order valence-electron chi connectivity index (χ1n) is 12.8. The summed E-state index contributed by atoms with van der Waals surface area (Å²) in [6, 6.07) is 13.1. The van der Waals surface area contributed by atoms with Crippen molar-refractivity contribution in [3.05, 3.63) is 110 Å². The maximum atomic E-state index is 14.4. The highest BCUT2D eigenvalue weighted by atomic mass is 79.9. The Morgan fingerprint density at radius 1 is 1.11 bits per heavy atom. The summed E-state index contributed by atoms with van der Waals surface area (Å²) in [6.07, 6.45) is 9.61. The number of carbonyl (C=O) groups is 1. The van der Waals surface area contributed by atoms with E-state index in [1.54, 1.807) is 22.8 Å². The maximum absolute atomic E-state index is 14.4. The van der Waals surface area contributed by atoms with Crippen molar-refractivity contribution in [3.63, 3.8) is 0 Å². The minimum Gasteiger partial charge on any atom is -0.499 e. The van der Waals surface area contributed by atoms with Crippen molar-refractivity contribution in [1.29, 1.82) is 0 Å². The van der Waals surface area contributed by atoms with Gasteiger partial charge in [0.2, 0.25) is 5.43 Å². The number of amides is 1. The van der Waals surface area contributed by atoms with Crippen LogP contribution < -0.4 is 15.1 Å². The number of aryl methyl sites for hydroxylation is 3. The van der Waals surface area contributed by atoms with Crippen molar-refractivity contribution in [2.24, 2.45) is 7.05 Å². The van der Waals surface area contributed by atoms with E-state index in [-0.39, 0.29) is 16.9 Å². The molecule has 6 nitrogen and oxygen atoms in total. The molecule has 1 aliphatic rings. The van der Waals surface area contributed by atoms with Crippen molar-refractivity contribution in [1.82, 2.24) is 4.57 Å². The second kappa shape index (κ2) is 11.9. The summed E-state index contributed by atoms with van der Waals surface area (Å²) in [5, 5.41) is 0. The van der Waals surface area contributed by atoms with E-state index in [9.17, 15) is 9.59 Å². The number of pyridine rings is 1. The van der Waals surface area contributed by atoms with Crippen LogP contribution in [0.25, 0.3) is 0 Å². The number of nitrogens with zero attached hydrogens (tertiary/aromatic N) is 2. The van der Waals surface area contributed by atoms with Crippen LogP contribution in [0.3, 0.4) is 0 Å². The van der Waals surface area contributed by atoms with Crippen molar-refractivity contribution >= 4 is 27.5 Å². The summed E-state index contributed by atoms with van der Waals surface area (Å²) in [7, 11) is 3.44. The normalized spacial score (nSPS) is 14.7. The van der Waals surface area contributed by atoms with Gasteiger partial charge in [0.05, 0.1) is 17.3 Å². The van der Waals surface area contributed by atoms with E-state index in [2.05, 4.69) is 29.8 Å². The second-order valence-corrected chi connectivity index (χ2v) is 9.98. The molecule has 1 heterocycles. The van der Waals surface area contributed by atoms with E-state index >= 15 is 0 Å². The van der Waals surface area contributed by atoms with Crippen LogP contribution in [0.15, 0.2) is 81.9 Å². The molecule has 1 atom stereocenters. The highest BCUT2D eigenvalue weighted by Crippen LogP contribution is 2.37. The molecule has 0 fully saturated rings. The Balaban J connectivity index is 1.93. The predicted octanol–water partition coefficient (Wildman–Crippen LogP) is 6.88. The number of hydrogen-bond donors (Lipinski definition) is 0. The lowest BCUT2D eigenvalue weighted by molar-refractivity contribution is 0.0974. The summed E-state index contributed by atoms with van der Waals surface area (Å²) < 4.78 is 14.1. The van der Waals surface area contributed by atoms with Gasteiger partial charge >= 0.3 is 0 Å². The van der Waals surface area contributed by atoms with E-state index in [1.807, 2.05) is 74.7 Å². The minimum absolute atomic E-state index is 0.0909. The lowest BCUT2D eigenvalue weighted by atomic mass is 9.96. The summed E-state index contributed by atoms with van der Waals surface area (Å²) in [4.78, 5) is 29.4. The molecule has 3 aromatic rings. The van der Waals surface area contributed by atoms with Gasteiger partial charge in [0.1, 0.15) is 28.9 Å². The molecular weight excluding hydrogens is 544 g/mol. The van der Waals surface area contributed by atoms with E-state index in [4.69, 9.17) is 9.47 Å². The molecule has 0 radical (unpaired) electrons. The monoisotopic (exact) mass is 576 g/mol. The summed E-state index contributed by atoms with van der Waals surface area (Å²) >= 11 is 3.40. The first kappa shape index (κ1) is 27.5. The van der Waals surface area contributed by atoms with Gasteiger partial charge in [0.25, 0.3) is 5.91 Å². The summed E-state index contributed by atoms with van der Waals surface area (Å²) in [6.45, 7) is 5.94. The number of hydrogen-bond acceptors (Lipinski definition) is 4. The molecule has 0 saturated carbocycles. The van der Waals surface area contributed by atoms with Crippen LogP contribution in [0.5, 0.6) is 11.5 Å². The van der Waals surface area contributed by atoms with Crippen LogP contribution in [0.4, 0.5) is 5.69 Å². The molecule has 198 valence electrons. The third-order valence-electron chi connectivity index (χ3n) is 6.86. The van der Waals surface area contributed by atoms with E-state index in [0.29, 0.717) is 35.2 Å². The van der Waals surface area contributed by atoms with Crippen molar-refractivity contribution in [2.75, 3.05) is 12.0 Å². The molecule has 2 aromatic carbocycles. The summed E-state index contributed by atoms with van der Waals surface area (Å²) in [5.41, 5.74) is 3.17. The fourth-order valence-electron chi connectivity index (χ4n) is 4.72. The Bertz CT molecular complexity index is 1430. The Hall–Kier alpha value is -3.58. The van der Waals surface area contributed by atoms with E-state index in [0.717, 1.165) is 28.3 Å². The smallest absolute Gasteiger partial charge is 0.264 e. The van der Waals surface area contributed by atoms with Gasteiger partial charge in [-0.1, -0.05) is 44.2 Å². The Kier molecular flexibility index (Phi) is 8.57. The van der Waals surface area contributed by atoms with Crippen LogP contribution in [0.2, 0.25) is 0 Å². The van der Waals surface area contributed by atoms with Crippen LogP contribution in [0, 0.1) is 6.92 Å². The molecule has 0 aliphatic heterocycles. The number of allylic oxidation sites excluding steroid dienone is 2. The fourth-order valence-corrected chi connectivity index (χ4v) is 5.21. The van der Waals surface area contributed by atoms with Crippen molar-refractivity contribution in [2.45, 2.75) is 46.1 Å². The highest BCUT2D eigenvalue weighted by molar-refractivity contribution is 9.10. The number of anilines is 1. The topological polar surface area (TPSA) is 60.8 Å². The Labute approximate surface area is 232 Å². The van der Waals surface area contributed by atoms with Crippen LogP contribution in [-0.4, -0.2) is 23.6 Å². The van der Waals surface area contributed by atoms with Gasteiger partial charge in [-0.25, -0.2) is 0 Å². The van der Waals surface area contributed by atoms with Crippen LogP contribution >= 0.6 is 15.9 Å². The molecule has 7 heteroatoms. The number of ether oxygens (including phenoxy) is 2. The number of carbonyl (C=O) groups excluding carboxylic acids is 1. The standard InChI is InChI=1S/C31H33BrN2O4/c1-6-21-17-24(38-23-13-9-8-10-14-23)18-22(7-2)29(21)34(26-15-11-12-16-27(26)37-5)31(36)25-19-33(4)20(3)28(32)30(25)35/h8-11,13-19,26H,6-7,12H2,1-5H3. The quantitative estimate of drug-likeness (QED) is 0.274. The van der Waals surface area contributed by atoms with Gasteiger partial charge in [0, 0.05) is 18.9 Å². The third kappa shape index (κ3) is 5.34. The number of rotatable bonds is 8. The molecule has 4 rings (SSSR count). The number of para-hydroxylation sites is 1. The Morgan fingerprint density at radius 3 is 2.37 bits per heavy atom. The number of halogens is 1. The van der Waals surface area contributed by atoms with Crippen LogP contribution in [-0.2, 0) is 24.6 Å². The van der Waals surface area contributed by atoms with E-state index < -0.39 is 6.04 Å². The zero-order valence-electron chi connectivity index (χ0n) is 22.5. The van der Waals surface area contributed by atoms with E-state index in [1.165, 1.54) is 0 Å². The first-order chi connectivity index (χ1) is 18.3. The number of aromatic nitrogens is 1. The molecule has 1 amide bonds. The van der Waals surface area contributed by atoms with Crippen molar-refractivity contribution < 1.29 is 14.3 Å². The lowest BCUT2D eigenvalue weighted by Crippen LogP contribution is -2.44. The molecular formula is C31H33BrN2O4. The number of benzene rings is 2. The molecule has 0 N–H and O–H groups in total.